The van der Waals surface area contributed by atoms with Crippen molar-refractivity contribution in [2.75, 3.05) is 0 Å². The Morgan fingerprint density at radius 2 is 0.967 bits per heavy atom. The van der Waals surface area contributed by atoms with E-state index in [0.29, 0.717) is 0 Å². The number of hydrogen-bond acceptors (Lipinski definition) is 4. The van der Waals surface area contributed by atoms with Gasteiger partial charge in [-0.05, 0) is 64.2 Å². The van der Waals surface area contributed by atoms with Crippen molar-refractivity contribution in [3.05, 3.63) is 96.4 Å². The summed E-state index contributed by atoms with van der Waals surface area (Å²) in [5, 5.41) is 4.75. The van der Waals surface area contributed by atoms with Gasteiger partial charge in [-0.15, -0.1) is 45.3 Å². The molecule has 0 bridgehead atoms. The largest absolute Gasteiger partial charge is 0.143 e. The molecule has 4 heteroatoms. The summed E-state index contributed by atoms with van der Waals surface area (Å²) in [4.78, 5) is 9.40. The minimum atomic E-state index is 1.29. The van der Waals surface area contributed by atoms with Gasteiger partial charge in [0.05, 0.1) is 0 Å². The summed E-state index contributed by atoms with van der Waals surface area (Å²) in [7, 11) is 0. The second-order valence-electron chi connectivity index (χ2n) is 7.00. The maximum atomic E-state index is 2.27. The van der Waals surface area contributed by atoms with Crippen molar-refractivity contribution in [3.8, 4) is 39.7 Å². The Kier molecular flexibility index (Phi) is 4.65. The molecule has 6 aromatic rings. The van der Waals surface area contributed by atoms with Crippen LogP contribution in [-0.2, 0) is 0 Å². The van der Waals surface area contributed by atoms with Crippen LogP contribution in [0.5, 0.6) is 0 Å². The van der Waals surface area contributed by atoms with Gasteiger partial charge in [0.1, 0.15) is 0 Å². The summed E-state index contributed by atoms with van der Waals surface area (Å²) in [6.45, 7) is 0. The fraction of sp³-hybridized carbons (Fsp3) is 0. The molecule has 0 N–H and O–H groups in total. The summed E-state index contributed by atoms with van der Waals surface area (Å²) < 4.78 is 0. The highest BCUT2D eigenvalue weighted by Gasteiger charge is 2.12. The number of fused-ring (bicyclic) bond motifs is 1. The van der Waals surface area contributed by atoms with E-state index in [0.717, 1.165) is 0 Å². The van der Waals surface area contributed by atoms with Crippen LogP contribution in [0, 0.1) is 0 Å². The molecule has 0 aliphatic rings. The lowest BCUT2D eigenvalue weighted by Gasteiger charge is -2.03. The van der Waals surface area contributed by atoms with Crippen molar-refractivity contribution in [1.82, 2.24) is 0 Å². The zero-order valence-corrected chi connectivity index (χ0v) is 19.1. The first-order chi connectivity index (χ1) is 14.8. The van der Waals surface area contributed by atoms with Crippen LogP contribution in [0.1, 0.15) is 0 Å². The Morgan fingerprint density at radius 1 is 0.400 bits per heavy atom. The van der Waals surface area contributed by atoms with Gasteiger partial charge in [0.2, 0.25) is 0 Å². The molecule has 0 spiro atoms. The molecule has 2 aromatic carbocycles. The van der Waals surface area contributed by atoms with Gasteiger partial charge < -0.3 is 0 Å². The van der Waals surface area contributed by atoms with E-state index in [2.05, 4.69) is 96.4 Å². The molecule has 30 heavy (non-hydrogen) atoms. The lowest BCUT2D eigenvalue weighted by atomic mass is 10.0. The smallest absolute Gasteiger partial charge is 0.0449 e. The van der Waals surface area contributed by atoms with E-state index >= 15 is 0 Å². The molecule has 0 aliphatic carbocycles. The predicted molar refractivity (Wildman–Crippen MR) is 137 cm³/mol. The topological polar surface area (TPSA) is 0 Å². The van der Waals surface area contributed by atoms with Crippen molar-refractivity contribution in [2.24, 2.45) is 0 Å². The van der Waals surface area contributed by atoms with Crippen molar-refractivity contribution in [2.45, 2.75) is 0 Å². The number of rotatable bonds is 4. The van der Waals surface area contributed by atoms with Gasteiger partial charge in [-0.25, -0.2) is 0 Å². The summed E-state index contributed by atoms with van der Waals surface area (Å²) >= 11 is 7.45. The second-order valence-corrected chi connectivity index (χ2v) is 11.2. The van der Waals surface area contributed by atoms with E-state index in [9.17, 15) is 0 Å². The molecule has 144 valence electrons. The first-order valence-electron chi connectivity index (χ1n) is 9.67. The van der Waals surface area contributed by atoms with E-state index in [1.54, 1.807) is 11.3 Å². The van der Waals surface area contributed by atoms with Crippen LogP contribution in [0.3, 0.4) is 0 Å². The van der Waals surface area contributed by atoms with E-state index < -0.39 is 0 Å². The van der Waals surface area contributed by atoms with E-state index in [4.69, 9.17) is 0 Å². The van der Waals surface area contributed by atoms with Crippen LogP contribution < -0.4 is 0 Å². The molecule has 0 atom stereocenters. The molecule has 0 radical (unpaired) electrons. The molecule has 0 nitrogen and oxygen atoms in total. The maximum absolute atomic E-state index is 2.27. The van der Waals surface area contributed by atoms with Gasteiger partial charge in [0.25, 0.3) is 0 Å². The third-order valence-electron chi connectivity index (χ3n) is 5.12. The van der Waals surface area contributed by atoms with Gasteiger partial charge >= 0.3 is 0 Å². The third-order valence-corrected chi connectivity index (χ3v) is 9.87. The quantitative estimate of drug-likeness (QED) is 0.248. The molecule has 0 saturated carbocycles. The standard InChI is InChI=1S/C26H16S4/c1-2-7-18-17(5-1)6-3-8-19(18)20-10-11-23(28-20)24-14-15-26(30-24)25-13-12-22(29-25)21-9-4-16-27-21/h1-16H. The molecule has 6 rings (SSSR count). The minimum Gasteiger partial charge on any atom is -0.143 e. The van der Waals surface area contributed by atoms with Gasteiger partial charge in [-0.3, -0.25) is 0 Å². The molecular formula is C26H16S4. The molecule has 4 aromatic heterocycles. The number of hydrogen-bond donors (Lipinski definition) is 0. The van der Waals surface area contributed by atoms with E-state index in [1.807, 2.05) is 34.0 Å². The Bertz CT molecular complexity index is 1440. The Balaban J connectivity index is 1.33. The Labute approximate surface area is 191 Å². The van der Waals surface area contributed by atoms with Crippen molar-refractivity contribution >= 4 is 56.1 Å². The zero-order chi connectivity index (χ0) is 19.9. The molecule has 0 fully saturated rings. The van der Waals surface area contributed by atoms with Crippen LogP contribution in [0.15, 0.2) is 96.4 Å². The maximum Gasteiger partial charge on any atom is 0.0449 e. The number of thiophene rings is 4. The van der Waals surface area contributed by atoms with Crippen molar-refractivity contribution in [1.29, 1.82) is 0 Å². The summed E-state index contributed by atoms with van der Waals surface area (Å²) in [5.74, 6) is 0. The van der Waals surface area contributed by atoms with Gasteiger partial charge in [-0.1, -0.05) is 48.5 Å². The first-order valence-corrected chi connectivity index (χ1v) is 13.0. The first kappa shape index (κ1) is 18.3. The Morgan fingerprint density at radius 3 is 1.63 bits per heavy atom. The highest BCUT2D eigenvalue weighted by atomic mass is 32.1. The van der Waals surface area contributed by atoms with Crippen LogP contribution in [0.25, 0.3) is 50.5 Å². The molecule has 0 unspecified atom stereocenters. The average Bonchev–Trinajstić information content (AvgIpc) is 3.58. The second kappa shape index (κ2) is 7.64. The predicted octanol–water partition coefficient (Wildman–Crippen LogP) is 9.75. The molecule has 0 amide bonds. The van der Waals surface area contributed by atoms with Gasteiger partial charge in [0.15, 0.2) is 0 Å². The van der Waals surface area contributed by atoms with Crippen molar-refractivity contribution < 1.29 is 0 Å². The molecule has 0 saturated heterocycles. The SMILES string of the molecule is c1csc(-c2ccc(-c3ccc(-c4ccc(-c5cccc6ccccc56)s4)s3)s2)c1. The van der Waals surface area contributed by atoms with Crippen LogP contribution >= 0.6 is 45.3 Å². The highest BCUT2D eigenvalue weighted by molar-refractivity contribution is 7.28. The van der Waals surface area contributed by atoms with Gasteiger partial charge in [-0.2, -0.15) is 0 Å². The molecule has 4 heterocycles. The monoisotopic (exact) mass is 456 g/mol. The summed E-state index contributed by atoms with van der Waals surface area (Å²) in [5.41, 5.74) is 1.32. The van der Waals surface area contributed by atoms with Crippen LogP contribution in [0.4, 0.5) is 0 Å². The fourth-order valence-corrected chi connectivity index (χ4v) is 7.75. The normalized spacial score (nSPS) is 11.3. The highest BCUT2D eigenvalue weighted by Crippen LogP contribution is 2.44. The zero-order valence-electron chi connectivity index (χ0n) is 15.9. The average molecular weight is 457 g/mol. The number of benzene rings is 2. The van der Waals surface area contributed by atoms with E-state index in [1.165, 1.54) is 50.5 Å². The summed E-state index contributed by atoms with van der Waals surface area (Å²) in [6, 6.07) is 33.1. The lowest BCUT2D eigenvalue weighted by molar-refractivity contribution is 1.74. The van der Waals surface area contributed by atoms with Crippen LogP contribution in [-0.4, -0.2) is 0 Å². The summed E-state index contributed by atoms with van der Waals surface area (Å²) in [6.07, 6.45) is 0. The van der Waals surface area contributed by atoms with E-state index in [-0.39, 0.29) is 0 Å². The third kappa shape index (κ3) is 3.26. The molecule has 0 aliphatic heterocycles. The Hall–Kier alpha value is -2.50. The fourth-order valence-electron chi connectivity index (χ4n) is 3.68. The van der Waals surface area contributed by atoms with Crippen molar-refractivity contribution in [3.63, 3.8) is 0 Å². The molecular weight excluding hydrogens is 441 g/mol. The minimum absolute atomic E-state index is 1.29. The van der Waals surface area contributed by atoms with Crippen LogP contribution in [0.2, 0.25) is 0 Å². The lowest BCUT2D eigenvalue weighted by Crippen LogP contribution is -1.76. The van der Waals surface area contributed by atoms with Gasteiger partial charge in [0, 0.05) is 34.1 Å².